The molecular formula is C34H41FN6O3. The van der Waals surface area contributed by atoms with Crippen molar-refractivity contribution in [3.05, 3.63) is 76.9 Å². The lowest BCUT2D eigenvalue weighted by Crippen LogP contribution is -2.39. The van der Waals surface area contributed by atoms with Gasteiger partial charge in [0.2, 0.25) is 5.82 Å². The molecule has 1 N–H and O–H groups in total. The van der Waals surface area contributed by atoms with Crippen LogP contribution >= 0.6 is 0 Å². The van der Waals surface area contributed by atoms with Crippen molar-refractivity contribution in [3.63, 3.8) is 0 Å². The molecule has 3 heterocycles. The number of hydrogen-bond acceptors (Lipinski definition) is 7. The molecule has 1 fully saturated rings. The highest BCUT2D eigenvalue weighted by Gasteiger charge is 2.36. The Bertz CT molecular complexity index is 1630. The third-order valence-electron chi connectivity index (χ3n) is 8.09. The second-order valence-electron chi connectivity index (χ2n) is 13.4. The fourth-order valence-corrected chi connectivity index (χ4v) is 5.72. The number of aromatic nitrogens is 5. The first kappa shape index (κ1) is 31.3. The lowest BCUT2D eigenvalue weighted by Gasteiger charge is -2.41. The van der Waals surface area contributed by atoms with Crippen LogP contribution in [0, 0.1) is 25.1 Å². The van der Waals surface area contributed by atoms with E-state index in [1.54, 1.807) is 12.1 Å². The van der Waals surface area contributed by atoms with Crippen molar-refractivity contribution in [1.82, 2.24) is 25.2 Å². The normalized spacial score (nSPS) is 15.8. The van der Waals surface area contributed by atoms with Crippen LogP contribution in [0.4, 0.5) is 10.1 Å². The van der Waals surface area contributed by atoms with Gasteiger partial charge in [-0.25, -0.2) is 9.18 Å². The van der Waals surface area contributed by atoms with Gasteiger partial charge in [0.05, 0.1) is 17.8 Å². The van der Waals surface area contributed by atoms with Crippen LogP contribution in [0.5, 0.6) is 0 Å². The zero-order valence-corrected chi connectivity index (χ0v) is 26.6. The Labute approximate surface area is 258 Å². The van der Waals surface area contributed by atoms with E-state index in [0.29, 0.717) is 23.6 Å². The fourth-order valence-electron chi connectivity index (χ4n) is 5.72. The summed E-state index contributed by atoms with van der Waals surface area (Å²) in [7, 11) is 0. The molecular weight excluding hydrogens is 559 g/mol. The number of pyridine rings is 1. The van der Waals surface area contributed by atoms with Crippen molar-refractivity contribution in [2.24, 2.45) is 5.41 Å². The first-order valence-corrected chi connectivity index (χ1v) is 15.0. The predicted molar refractivity (Wildman–Crippen MR) is 168 cm³/mol. The van der Waals surface area contributed by atoms with E-state index in [1.807, 2.05) is 58.9 Å². The molecule has 0 bridgehead atoms. The summed E-state index contributed by atoms with van der Waals surface area (Å²) in [6.45, 7) is 16.0. The van der Waals surface area contributed by atoms with E-state index in [1.165, 1.54) is 16.9 Å². The number of carboxylic acids is 1. The molecule has 5 rings (SSSR count). The van der Waals surface area contributed by atoms with Crippen LogP contribution in [-0.4, -0.2) is 55.0 Å². The van der Waals surface area contributed by atoms with Crippen molar-refractivity contribution < 1.29 is 19.0 Å². The summed E-state index contributed by atoms with van der Waals surface area (Å²) in [4.78, 5) is 21.4. The molecule has 1 aliphatic heterocycles. The Morgan fingerprint density at radius 2 is 1.61 bits per heavy atom. The van der Waals surface area contributed by atoms with Crippen LogP contribution in [0.2, 0.25) is 0 Å². The number of aryl methyl sites for hydroxylation is 2. The van der Waals surface area contributed by atoms with E-state index in [4.69, 9.17) is 9.72 Å². The summed E-state index contributed by atoms with van der Waals surface area (Å²) >= 11 is 0. The minimum atomic E-state index is -1.17. The number of aliphatic carboxylic acids is 1. The van der Waals surface area contributed by atoms with Crippen molar-refractivity contribution in [2.45, 2.75) is 79.6 Å². The molecule has 0 aliphatic carbocycles. The molecule has 2 aromatic heterocycles. The van der Waals surface area contributed by atoms with Gasteiger partial charge in [0.1, 0.15) is 5.82 Å². The summed E-state index contributed by atoms with van der Waals surface area (Å²) in [5, 5.41) is 23.3. The van der Waals surface area contributed by atoms with Crippen LogP contribution in [-0.2, 0) is 16.1 Å². The molecule has 1 unspecified atom stereocenters. The Balaban J connectivity index is 1.55. The molecule has 4 aromatic rings. The van der Waals surface area contributed by atoms with Crippen LogP contribution in [0.3, 0.4) is 0 Å². The number of nitrogens with zero attached hydrogens (tertiary/aromatic N) is 6. The molecule has 0 radical (unpaired) electrons. The average molecular weight is 601 g/mol. The number of carbonyl (C=O) groups is 1. The van der Waals surface area contributed by atoms with Crippen LogP contribution in [0.15, 0.2) is 48.5 Å². The van der Waals surface area contributed by atoms with Crippen molar-refractivity contribution in [2.75, 3.05) is 18.0 Å². The van der Waals surface area contributed by atoms with E-state index in [9.17, 15) is 14.3 Å². The molecule has 9 nitrogen and oxygen atoms in total. The Hall–Kier alpha value is -4.18. The SMILES string of the molecule is Cc1nc(C)c(C(OC(C)(C)C)C(=O)O)c(N2CCC(C)(C)CC2)c1-c1ccc(-c2nnn(Cc3ccc(F)cc3)n2)cc1. The van der Waals surface area contributed by atoms with Crippen molar-refractivity contribution in [3.8, 4) is 22.5 Å². The molecule has 2 aromatic carbocycles. The summed E-state index contributed by atoms with van der Waals surface area (Å²) < 4.78 is 19.5. The molecule has 0 amide bonds. The molecule has 44 heavy (non-hydrogen) atoms. The van der Waals surface area contributed by atoms with Gasteiger partial charge in [0.25, 0.3) is 0 Å². The van der Waals surface area contributed by atoms with Crippen LogP contribution in [0.1, 0.15) is 76.1 Å². The maximum Gasteiger partial charge on any atom is 0.337 e. The first-order valence-electron chi connectivity index (χ1n) is 15.0. The van der Waals surface area contributed by atoms with Crippen molar-refractivity contribution in [1.29, 1.82) is 0 Å². The summed E-state index contributed by atoms with van der Waals surface area (Å²) in [6.07, 6.45) is 0.802. The minimum absolute atomic E-state index is 0.213. The maximum absolute atomic E-state index is 13.3. The zero-order chi connectivity index (χ0) is 31.8. The fraction of sp³-hybridized carbons (Fsp3) is 0.441. The zero-order valence-electron chi connectivity index (χ0n) is 26.6. The second kappa shape index (κ2) is 12.1. The third-order valence-corrected chi connectivity index (χ3v) is 8.09. The van der Waals surface area contributed by atoms with Crippen LogP contribution < -0.4 is 4.90 Å². The van der Waals surface area contributed by atoms with Gasteiger partial charge < -0.3 is 14.7 Å². The van der Waals surface area contributed by atoms with Gasteiger partial charge in [0.15, 0.2) is 6.10 Å². The molecule has 232 valence electrons. The summed E-state index contributed by atoms with van der Waals surface area (Å²) in [6, 6.07) is 14.1. The number of halogens is 1. The van der Waals surface area contributed by atoms with Gasteiger partial charge in [-0.3, -0.25) is 4.98 Å². The van der Waals surface area contributed by atoms with E-state index in [2.05, 4.69) is 34.2 Å². The first-order chi connectivity index (χ1) is 20.7. The smallest absolute Gasteiger partial charge is 0.337 e. The van der Waals surface area contributed by atoms with Gasteiger partial charge in [0, 0.05) is 41.2 Å². The number of ether oxygens (including phenoxy) is 1. The van der Waals surface area contributed by atoms with Crippen LogP contribution in [0.25, 0.3) is 22.5 Å². The Morgan fingerprint density at radius 1 is 1.00 bits per heavy atom. The number of piperidine rings is 1. The van der Waals surface area contributed by atoms with Gasteiger partial charge in [-0.2, -0.15) is 4.80 Å². The quantitative estimate of drug-likeness (QED) is 0.236. The van der Waals surface area contributed by atoms with E-state index in [0.717, 1.165) is 59.6 Å². The molecule has 0 saturated carbocycles. The molecule has 1 aliphatic rings. The number of hydrogen-bond donors (Lipinski definition) is 1. The summed E-state index contributed by atoms with van der Waals surface area (Å²) in [5.74, 6) is -0.857. The molecule has 0 spiro atoms. The second-order valence-corrected chi connectivity index (χ2v) is 13.4. The van der Waals surface area contributed by atoms with E-state index in [-0.39, 0.29) is 11.2 Å². The molecule has 1 atom stereocenters. The third kappa shape index (κ3) is 6.96. The summed E-state index contributed by atoms with van der Waals surface area (Å²) in [5.41, 5.74) is 5.95. The Kier molecular flexibility index (Phi) is 8.57. The number of rotatable bonds is 8. The molecule has 10 heteroatoms. The lowest BCUT2D eigenvalue weighted by molar-refractivity contribution is -0.160. The van der Waals surface area contributed by atoms with Gasteiger partial charge >= 0.3 is 5.97 Å². The number of anilines is 1. The monoisotopic (exact) mass is 600 g/mol. The lowest BCUT2D eigenvalue weighted by atomic mass is 9.81. The maximum atomic E-state index is 13.3. The van der Waals surface area contributed by atoms with E-state index >= 15 is 0 Å². The van der Waals surface area contributed by atoms with Gasteiger partial charge in [-0.15, -0.1) is 10.2 Å². The predicted octanol–water partition coefficient (Wildman–Crippen LogP) is 6.77. The highest BCUT2D eigenvalue weighted by molar-refractivity contribution is 5.88. The molecule has 1 saturated heterocycles. The van der Waals surface area contributed by atoms with Crippen molar-refractivity contribution >= 4 is 11.7 Å². The average Bonchev–Trinajstić information content (AvgIpc) is 3.41. The van der Waals surface area contributed by atoms with Gasteiger partial charge in [-0.05, 0) is 81.3 Å². The number of tetrazole rings is 1. The largest absolute Gasteiger partial charge is 0.479 e. The Morgan fingerprint density at radius 3 is 2.20 bits per heavy atom. The highest BCUT2D eigenvalue weighted by atomic mass is 19.1. The number of carboxylic acid groups (broad SMARTS) is 1. The number of benzene rings is 2. The minimum Gasteiger partial charge on any atom is -0.479 e. The highest BCUT2D eigenvalue weighted by Crippen LogP contribution is 2.45. The standard InChI is InChI=1S/C34H41FN6O3/c1-21-27(24-10-12-25(13-11-24)31-37-39-41(38-31)20-23-8-14-26(35)15-9-23)29(40-18-16-34(6,7)17-19-40)28(22(2)36-21)30(32(42)43)44-33(3,4)5/h8-15,30H,16-20H2,1-7H3,(H,42,43). The van der Waals surface area contributed by atoms with Gasteiger partial charge in [-0.1, -0.05) is 50.2 Å². The van der Waals surface area contributed by atoms with E-state index < -0.39 is 17.7 Å². The topological polar surface area (TPSA) is 106 Å².